The number of aliphatic carboxylic acids is 1. The standard InChI is InChI=1S/C27H38N2O6/c1-29(17-21-11-20-14-25(34-4)26(35-5)16-22(20)21)10-6-8-28-9-7-18-12-23(32-2)24(33-3)13-19(18)15-27(30)31/h12-14,16,21,28H,6-11,15,17H2,1-5H3,(H,30,31). The molecular formula is C27H38N2O6. The minimum Gasteiger partial charge on any atom is -0.493 e. The molecule has 2 aromatic carbocycles. The van der Waals surface area contributed by atoms with Crippen LogP contribution >= 0.6 is 0 Å². The molecule has 0 heterocycles. The van der Waals surface area contributed by atoms with Crippen molar-refractivity contribution < 1.29 is 28.8 Å². The van der Waals surface area contributed by atoms with Crippen LogP contribution in [0.3, 0.4) is 0 Å². The first-order valence-electron chi connectivity index (χ1n) is 12.0. The lowest BCUT2D eigenvalue weighted by Crippen LogP contribution is -2.32. The van der Waals surface area contributed by atoms with Crippen molar-refractivity contribution in [3.05, 3.63) is 46.5 Å². The Morgan fingerprint density at radius 2 is 1.54 bits per heavy atom. The van der Waals surface area contributed by atoms with Gasteiger partial charge in [0.15, 0.2) is 23.0 Å². The van der Waals surface area contributed by atoms with Crippen LogP contribution in [0.25, 0.3) is 0 Å². The smallest absolute Gasteiger partial charge is 0.307 e. The van der Waals surface area contributed by atoms with Crippen LogP contribution < -0.4 is 24.3 Å². The highest BCUT2D eigenvalue weighted by Gasteiger charge is 2.29. The van der Waals surface area contributed by atoms with E-state index in [1.807, 2.05) is 6.07 Å². The van der Waals surface area contributed by atoms with Crippen molar-refractivity contribution in [2.45, 2.75) is 31.6 Å². The Hall–Kier alpha value is -2.97. The topological polar surface area (TPSA) is 89.5 Å². The highest BCUT2D eigenvalue weighted by atomic mass is 16.5. The number of nitrogens with zero attached hydrogens (tertiary/aromatic N) is 1. The van der Waals surface area contributed by atoms with Gasteiger partial charge in [0.05, 0.1) is 34.9 Å². The van der Waals surface area contributed by atoms with Gasteiger partial charge in [-0.2, -0.15) is 0 Å². The minimum absolute atomic E-state index is 0.0383. The normalized spacial score (nSPS) is 14.3. The number of hydrogen-bond acceptors (Lipinski definition) is 7. The van der Waals surface area contributed by atoms with Crippen LogP contribution in [0.4, 0.5) is 0 Å². The molecule has 0 saturated heterocycles. The minimum atomic E-state index is -0.860. The number of benzene rings is 2. The molecule has 2 N–H and O–H groups in total. The van der Waals surface area contributed by atoms with Gasteiger partial charge in [-0.3, -0.25) is 4.79 Å². The second-order valence-corrected chi connectivity index (χ2v) is 8.97. The highest BCUT2D eigenvalue weighted by Crippen LogP contribution is 2.42. The molecule has 0 saturated carbocycles. The van der Waals surface area contributed by atoms with Crippen molar-refractivity contribution in [1.82, 2.24) is 10.2 Å². The number of hydrogen-bond donors (Lipinski definition) is 2. The lowest BCUT2D eigenvalue weighted by Gasteiger charge is -2.34. The van der Waals surface area contributed by atoms with Gasteiger partial charge in [-0.25, -0.2) is 0 Å². The van der Waals surface area contributed by atoms with E-state index in [1.54, 1.807) is 34.5 Å². The Bertz CT molecular complexity index is 1010. The summed E-state index contributed by atoms with van der Waals surface area (Å²) in [4.78, 5) is 13.7. The Balaban J connectivity index is 1.42. The van der Waals surface area contributed by atoms with E-state index in [-0.39, 0.29) is 6.42 Å². The number of carbonyl (C=O) groups is 1. The zero-order chi connectivity index (χ0) is 25.4. The molecule has 8 heteroatoms. The molecule has 0 aliphatic heterocycles. The SMILES string of the molecule is COc1cc(CCNCCCN(C)CC2Cc3cc(OC)c(OC)cc32)c(CC(=O)O)cc1OC. The molecule has 1 unspecified atom stereocenters. The van der Waals surface area contributed by atoms with Crippen molar-refractivity contribution in [3.63, 3.8) is 0 Å². The van der Waals surface area contributed by atoms with E-state index in [9.17, 15) is 9.90 Å². The van der Waals surface area contributed by atoms with Crippen molar-refractivity contribution in [2.24, 2.45) is 0 Å². The molecule has 2 aromatic rings. The third-order valence-electron chi connectivity index (χ3n) is 6.60. The van der Waals surface area contributed by atoms with Gasteiger partial charge in [-0.15, -0.1) is 0 Å². The number of carboxylic acids is 1. The van der Waals surface area contributed by atoms with E-state index in [1.165, 1.54) is 11.1 Å². The maximum Gasteiger partial charge on any atom is 0.307 e. The molecule has 0 amide bonds. The van der Waals surface area contributed by atoms with Gasteiger partial charge in [0.25, 0.3) is 0 Å². The molecule has 3 rings (SSSR count). The zero-order valence-corrected chi connectivity index (χ0v) is 21.5. The molecule has 1 aliphatic rings. The van der Waals surface area contributed by atoms with Crippen LogP contribution in [0.15, 0.2) is 24.3 Å². The molecule has 0 bridgehead atoms. The number of ether oxygens (including phenoxy) is 4. The molecule has 0 radical (unpaired) electrons. The molecular weight excluding hydrogens is 448 g/mol. The van der Waals surface area contributed by atoms with Crippen LogP contribution in [-0.4, -0.2) is 77.6 Å². The van der Waals surface area contributed by atoms with E-state index in [4.69, 9.17) is 18.9 Å². The second kappa shape index (κ2) is 12.7. The molecule has 192 valence electrons. The highest BCUT2D eigenvalue weighted by molar-refractivity contribution is 5.71. The van der Waals surface area contributed by atoms with E-state index >= 15 is 0 Å². The predicted molar refractivity (Wildman–Crippen MR) is 136 cm³/mol. The van der Waals surface area contributed by atoms with E-state index in [0.29, 0.717) is 17.4 Å². The lowest BCUT2D eigenvalue weighted by molar-refractivity contribution is -0.136. The molecule has 35 heavy (non-hydrogen) atoms. The maximum absolute atomic E-state index is 11.3. The number of likely N-dealkylation sites (N-methyl/N-ethyl adjacent to an activating group) is 1. The third kappa shape index (κ3) is 6.80. The lowest BCUT2D eigenvalue weighted by atomic mass is 9.77. The summed E-state index contributed by atoms with van der Waals surface area (Å²) < 4.78 is 21.6. The van der Waals surface area contributed by atoms with Gasteiger partial charge in [0.1, 0.15) is 0 Å². The van der Waals surface area contributed by atoms with Crippen LogP contribution in [0.5, 0.6) is 23.0 Å². The summed E-state index contributed by atoms with van der Waals surface area (Å²) >= 11 is 0. The first-order valence-corrected chi connectivity index (χ1v) is 12.0. The summed E-state index contributed by atoms with van der Waals surface area (Å²) in [6, 6.07) is 7.86. The fourth-order valence-electron chi connectivity index (χ4n) is 4.71. The Morgan fingerprint density at radius 1 is 0.943 bits per heavy atom. The molecule has 1 atom stereocenters. The first-order chi connectivity index (χ1) is 16.9. The Morgan fingerprint density at radius 3 is 2.17 bits per heavy atom. The molecule has 0 spiro atoms. The average Bonchev–Trinajstić information content (AvgIpc) is 2.84. The first kappa shape index (κ1) is 26.6. The van der Waals surface area contributed by atoms with Gasteiger partial charge < -0.3 is 34.3 Å². The van der Waals surface area contributed by atoms with Gasteiger partial charge in [0, 0.05) is 12.5 Å². The summed E-state index contributed by atoms with van der Waals surface area (Å²) in [7, 11) is 8.65. The van der Waals surface area contributed by atoms with Gasteiger partial charge in [-0.1, -0.05) is 0 Å². The van der Waals surface area contributed by atoms with Crippen molar-refractivity contribution in [3.8, 4) is 23.0 Å². The summed E-state index contributed by atoms with van der Waals surface area (Å²) in [6.45, 7) is 3.70. The second-order valence-electron chi connectivity index (χ2n) is 8.97. The molecule has 1 aliphatic carbocycles. The fourth-order valence-corrected chi connectivity index (χ4v) is 4.71. The largest absolute Gasteiger partial charge is 0.493 e. The van der Waals surface area contributed by atoms with Crippen LogP contribution in [-0.2, 0) is 24.1 Å². The number of methoxy groups -OCH3 is 4. The van der Waals surface area contributed by atoms with Crippen molar-refractivity contribution in [2.75, 3.05) is 61.7 Å². The average molecular weight is 487 g/mol. The number of fused-ring (bicyclic) bond motifs is 1. The predicted octanol–water partition coefficient (Wildman–Crippen LogP) is 3.14. The zero-order valence-electron chi connectivity index (χ0n) is 21.5. The summed E-state index contributed by atoms with van der Waals surface area (Å²) in [6.07, 6.45) is 2.80. The third-order valence-corrected chi connectivity index (χ3v) is 6.60. The van der Waals surface area contributed by atoms with Crippen LogP contribution in [0.1, 0.15) is 34.6 Å². The maximum atomic E-state index is 11.3. The van der Waals surface area contributed by atoms with Crippen molar-refractivity contribution >= 4 is 5.97 Å². The monoisotopic (exact) mass is 486 g/mol. The fraction of sp³-hybridized carbons (Fsp3) is 0.519. The molecule has 8 nitrogen and oxygen atoms in total. The number of carboxylic acid groups (broad SMARTS) is 1. The van der Waals surface area contributed by atoms with Gasteiger partial charge >= 0.3 is 5.97 Å². The molecule has 0 fully saturated rings. The molecule has 0 aromatic heterocycles. The number of nitrogens with one attached hydrogen (secondary N) is 1. The summed E-state index contributed by atoms with van der Waals surface area (Å²) in [5, 5.41) is 12.7. The number of rotatable bonds is 15. The van der Waals surface area contributed by atoms with Crippen LogP contribution in [0, 0.1) is 0 Å². The van der Waals surface area contributed by atoms with Crippen LogP contribution in [0.2, 0.25) is 0 Å². The quantitative estimate of drug-likeness (QED) is 0.371. The summed E-state index contributed by atoms with van der Waals surface area (Å²) in [5.41, 5.74) is 4.43. The van der Waals surface area contributed by atoms with Gasteiger partial charge in [0.2, 0.25) is 0 Å². The van der Waals surface area contributed by atoms with Crippen molar-refractivity contribution in [1.29, 1.82) is 0 Å². The summed E-state index contributed by atoms with van der Waals surface area (Å²) in [5.74, 6) is 2.43. The van der Waals surface area contributed by atoms with E-state index in [0.717, 1.165) is 68.1 Å². The van der Waals surface area contributed by atoms with Gasteiger partial charge in [-0.05, 0) is 92.5 Å². The Labute approximate surface area is 208 Å². The Kier molecular flexibility index (Phi) is 9.63. The van der Waals surface area contributed by atoms with E-state index in [2.05, 4.69) is 29.4 Å². The van der Waals surface area contributed by atoms with E-state index < -0.39 is 5.97 Å².